The van der Waals surface area contributed by atoms with E-state index in [9.17, 15) is 0 Å². The zero-order chi connectivity index (χ0) is 10.5. The molecule has 1 aliphatic rings. The van der Waals surface area contributed by atoms with Crippen LogP contribution in [-0.2, 0) is 6.54 Å². The fourth-order valence-electron chi connectivity index (χ4n) is 2.07. The van der Waals surface area contributed by atoms with Crippen LogP contribution in [0, 0.1) is 5.92 Å². The van der Waals surface area contributed by atoms with E-state index in [0.29, 0.717) is 0 Å². The standard InChI is InChI=1S/C12H19N3/c1-11-8-14-6-7-15(9-11)10-12-2-4-13-5-3-12/h2-5,11,14H,6-10H2,1H3. The molecule has 15 heavy (non-hydrogen) atoms. The normalized spacial score (nSPS) is 23.7. The van der Waals surface area contributed by atoms with Gasteiger partial charge in [0.1, 0.15) is 0 Å². The van der Waals surface area contributed by atoms with Gasteiger partial charge in [-0.05, 0) is 30.2 Å². The molecule has 0 bridgehead atoms. The molecule has 2 rings (SSSR count). The molecule has 0 aromatic carbocycles. The van der Waals surface area contributed by atoms with Crippen LogP contribution in [0.25, 0.3) is 0 Å². The molecular formula is C12H19N3. The zero-order valence-electron chi connectivity index (χ0n) is 9.32. The average Bonchev–Trinajstić information content (AvgIpc) is 2.44. The number of aromatic nitrogens is 1. The third kappa shape index (κ3) is 3.29. The molecule has 1 aromatic rings. The lowest BCUT2D eigenvalue weighted by atomic mass is 10.1. The van der Waals surface area contributed by atoms with Crippen molar-refractivity contribution in [2.45, 2.75) is 13.5 Å². The summed E-state index contributed by atoms with van der Waals surface area (Å²) in [5.41, 5.74) is 1.36. The summed E-state index contributed by atoms with van der Waals surface area (Å²) in [6.45, 7) is 7.94. The van der Waals surface area contributed by atoms with Crippen LogP contribution in [0.4, 0.5) is 0 Å². The molecule has 0 amide bonds. The molecule has 0 saturated carbocycles. The fraction of sp³-hybridized carbons (Fsp3) is 0.583. The van der Waals surface area contributed by atoms with Gasteiger partial charge in [-0.1, -0.05) is 6.92 Å². The Balaban J connectivity index is 1.93. The first-order valence-corrected chi connectivity index (χ1v) is 5.66. The molecule has 3 nitrogen and oxygen atoms in total. The third-order valence-electron chi connectivity index (χ3n) is 2.82. The molecule has 1 atom stereocenters. The smallest absolute Gasteiger partial charge is 0.0271 e. The topological polar surface area (TPSA) is 28.2 Å². The van der Waals surface area contributed by atoms with Crippen molar-refractivity contribution in [2.24, 2.45) is 5.92 Å². The second-order valence-corrected chi connectivity index (χ2v) is 4.40. The van der Waals surface area contributed by atoms with E-state index in [0.717, 1.165) is 32.1 Å². The first-order chi connectivity index (χ1) is 7.34. The second kappa shape index (κ2) is 5.24. The molecule has 0 aliphatic carbocycles. The predicted molar refractivity (Wildman–Crippen MR) is 61.5 cm³/mol. The number of hydrogen-bond acceptors (Lipinski definition) is 3. The summed E-state index contributed by atoms with van der Waals surface area (Å²) >= 11 is 0. The summed E-state index contributed by atoms with van der Waals surface area (Å²) in [7, 11) is 0. The molecule has 2 heterocycles. The Bertz CT molecular complexity index is 286. The van der Waals surface area contributed by atoms with Gasteiger partial charge in [-0.25, -0.2) is 0 Å². The number of pyridine rings is 1. The first-order valence-electron chi connectivity index (χ1n) is 5.66. The summed E-state index contributed by atoms with van der Waals surface area (Å²) in [6, 6.07) is 4.20. The monoisotopic (exact) mass is 205 g/mol. The van der Waals surface area contributed by atoms with E-state index < -0.39 is 0 Å². The van der Waals surface area contributed by atoms with Gasteiger partial charge in [0, 0.05) is 38.6 Å². The Labute approximate surface area is 91.5 Å². The van der Waals surface area contributed by atoms with E-state index in [1.165, 1.54) is 12.1 Å². The summed E-state index contributed by atoms with van der Waals surface area (Å²) < 4.78 is 0. The Kier molecular flexibility index (Phi) is 3.69. The maximum Gasteiger partial charge on any atom is 0.0271 e. The van der Waals surface area contributed by atoms with Crippen LogP contribution in [0.2, 0.25) is 0 Å². The molecule has 1 N–H and O–H groups in total. The minimum absolute atomic E-state index is 0.745. The summed E-state index contributed by atoms with van der Waals surface area (Å²) in [5.74, 6) is 0.745. The highest BCUT2D eigenvalue weighted by Gasteiger charge is 2.13. The number of nitrogens with one attached hydrogen (secondary N) is 1. The molecule has 1 aromatic heterocycles. The largest absolute Gasteiger partial charge is 0.315 e. The van der Waals surface area contributed by atoms with Crippen molar-refractivity contribution in [3.8, 4) is 0 Å². The van der Waals surface area contributed by atoms with E-state index >= 15 is 0 Å². The maximum atomic E-state index is 4.04. The van der Waals surface area contributed by atoms with Crippen molar-refractivity contribution in [2.75, 3.05) is 26.2 Å². The Morgan fingerprint density at radius 2 is 2.27 bits per heavy atom. The fourth-order valence-corrected chi connectivity index (χ4v) is 2.07. The second-order valence-electron chi connectivity index (χ2n) is 4.40. The minimum Gasteiger partial charge on any atom is -0.315 e. The van der Waals surface area contributed by atoms with E-state index in [-0.39, 0.29) is 0 Å². The lowest BCUT2D eigenvalue weighted by molar-refractivity contribution is 0.256. The quantitative estimate of drug-likeness (QED) is 0.784. The first kappa shape index (κ1) is 10.6. The number of rotatable bonds is 2. The summed E-state index contributed by atoms with van der Waals surface area (Å²) in [5, 5.41) is 3.46. The maximum absolute atomic E-state index is 4.04. The van der Waals surface area contributed by atoms with Crippen LogP contribution in [0.3, 0.4) is 0 Å². The van der Waals surface area contributed by atoms with Crippen molar-refractivity contribution < 1.29 is 0 Å². The lowest BCUT2D eigenvalue weighted by Gasteiger charge is -2.21. The van der Waals surface area contributed by atoms with Gasteiger partial charge in [0.25, 0.3) is 0 Å². The van der Waals surface area contributed by atoms with Gasteiger partial charge in [-0.3, -0.25) is 9.88 Å². The Morgan fingerprint density at radius 3 is 3.07 bits per heavy atom. The summed E-state index contributed by atoms with van der Waals surface area (Å²) in [4.78, 5) is 6.55. The van der Waals surface area contributed by atoms with Crippen LogP contribution in [-0.4, -0.2) is 36.1 Å². The predicted octanol–water partition coefficient (Wildman–Crippen LogP) is 1.12. The van der Waals surface area contributed by atoms with Gasteiger partial charge < -0.3 is 5.32 Å². The van der Waals surface area contributed by atoms with Crippen LogP contribution in [0.15, 0.2) is 24.5 Å². The number of hydrogen-bond donors (Lipinski definition) is 1. The molecule has 0 radical (unpaired) electrons. The minimum atomic E-state index is 0.745. The van der Waals surface area contributed by atoms with E-state index in [4.69, 9.17) is 0 Å². The highest BCUT2D eigenvalue weighted by atomic mass is 15.2. The molecule has 1 aliphatic heterocycles. The van der Waals surface area contributed by atoms with Crippen LogP contribution < -0.4 is 5.32 Å². The molecule has 82 valence electrons. The third-order valence-corrected chi connectivity index (χ3v) is 2.82. The highest BCUT2D eigenvalue weighted by molar-refractivity contribution is 5.09. The van der Waals surface area contributed by atoms with E-state index in [1.54, 1.807) is 0 Å². The van der Waals surface area contributed by atoms with Crippen LogP contribution in [0.5, 0.6) is 0 Å². The van der Waals surface area contributed by atoms with E-state index in [2.05, 4.69) is 34.3 Å². The van der Waals surface area contributed by atoms with Crippen LogP contribution in [0.1, 0.15) is 12.5 Å². The van der Waals surface area contributed by atoms with Gasteiger partial charge >= 0.3 is 0 Å². The van der Waals surface area contributed by atoms with Gasteiger partial charge in [0.15, 0.2) is 0 Å². The molecule has 0 spiro atoms. The van der Waals surface area contributed by atoms with Crippen molar-refractivity contribution >= 4 is 0 Å². The Hall–Kier alpha value is -0.930. The molecular weight excluding hydrogens is 186 g/mol. The Morgan fingerprint density at radius 1 is 1.47 bits per heavy atom. The van der Waals surface area contributed by atoms with Crippen molar-refractivity contribution in [3.63, 3.8) is 0 Å². The SMILES string of the molecule is CC1CNCCN(Cc2ccncc2)C1. The van der Waals surface area contributed by atoms with Gasteiger partial charge in [-0.15, -0.1) is 0 Å². The zero-order valence-corrected chi connectivity index (χ0v) is 9.32. The molecule has 3 heteroatoms. The molecule has 1 unspecified atom stereocenters. The van der Waals surface area contributed by atoms with Gasteiger partial charge in [-0.2, -0.15) is 0 Å². The van der Waals surface area contributed by atoms with Gasteiger partial charge in [0.05, 0.1) is 0 Å². The van der Waals surface area contributed by atoms with E-state index in [1.807, 2.05) is 12.4 Å². The molecule has 1 saturated heterocycles. The van der Waals surface area contributed by atoms with Gasteiger partial charge in [0.2, 0.25) is 0 Å². The average molecular weight is 205 g/mol. The lowest BCUT2D eigenvalue weighted by Crippen LogP contribution is -2.28. The molecule has 1 fully saturated rings. The van der Waals surface area contributed by atoms with Crippen molar-refractivity contribution in [3.05, 3.63) is 30.1 Å². The van der Waals surface area contributed by atoms with Crippen molar-refractivity contribution in [1.29, 1.82) is 0 Å². The highest BCUT2D eigenvalue weighted by Crippen LogP contribution is 2.07. The van der Waals surface area contributed by atoms with Crippen molar-refractivity contribution in [1.82, 2.24) is 15.2 Å². The summed E-state index contributed by atoms with van der Waals surface area (Å²) in [6.07, 6.45) is 3.74. The number of nitrogens with zero attached hydrogens (tertiary/aromatic N) is 2. The van der Waals surface area contributed by atoms with Crippen LogP contribution >= 0.6 is 0 Å².